The number of fused-ring (bicyclic) bond motifs is 2. The number of nitrogens with one attached hydrogen (secondary N) is 1. The molecule has 1 amide bonds. The minimum atomic E-state index is -0.137. The van der Waals surface area contributed by atoms with Crippen LogP contribution in [0.5, 0.6) is 5.75 Å². The van der Waals surface area contributed by atoms with Crippen molar-refractivity contribution in [3.8, 4) is 5.75 Å². The SMILES string of the molecule is CCN1CCc2nc(NC(=O)c3ccc(OC)c4ccccc34)sc2C1. The number of hydrogen-bond acceptors (Lipinski definition) is 5. The van der Waals surface area contributed by atoms with Gasteiger partial charge < -0.3 is 4.74 Å². The van der Waals surface area contributed by atoms with Crippen molar-refractivity contribution in [2.75, 3.05) is 25.5 Å². The lowest BCUT2D eigenvalue weighted by atomic mass is 10.0. The first kappa shape index (κ1) is 17.0. The van der Waals surface area contributed by atoms with Crippen molar-refractivity contribution in [3.63, 3.8) is 0 Å². The Balaban J connectivity index is 1.62. The first-order valence-corrected chi connectivity index (χ1v) is 9.59. The molecular weight excluding hydrogens is 346 g/mol. The van der Waals surface area contributed by atoms with Gasteiger partial charge in [0.2, 0.25) is 0 Å². The van der Waals surface area contributed by atoms with E-state index in [9.17, 15) is 4.79 Å². The monoisotopic (exact) mass is 367 g/mol. The summed E-state index contributed by atoms with van der Waals surface area (Å²) in [5.41, 5.74) is 1.75. The topological polar surface area (TPSA) is 54.5 Å². The van der Waals surface area contributed by atoms with E-state index in [0.29, 0.717) is 10.7 Å². The van der Waals surface area contributed by atoms with Gasteiger partial charge in [0.25, 0.3) is 5.91 Å². The molecule has 0 saturated carbocycles. The van der Waals surface area contributed by atoms with Crippen LogP contribution < -0.4 is 10.1 Å². The highest BCUT2D eigenvalue weighted by Gasteiger charge is 2.21. The summed E-state index contributed by atoms with van der Waals surface area (Å²) in [5.74, 6) is 0.629. The van der Waals surface area contributed by atoms with Gasteiger partial charge in [-0.3, -0.25) is 15.0 Å². The lowest BCUT2D eigenvalue weighted by molar-refractivity contribution is 0.102. The van der Waals surface area contributed by atoms with Crippen LogP contribution in [0.4, 0.5) is 5.13 Å². The van der Waals surface area contributed by atoms with E-state index >= 15 is 0 Å². The van der Waals surface area contributed by atoms with Crippen molar-refractivity contribution in [2.24, 2.45) is 0 Å². The molecule has 1 aliphatic heterocycles. The Labute approximate surface area is 156 Å². The maximum atomic E-state index is 12.9. The molecule has 26 heavy (non-hydrogen) atoms. The van der Waals surface area contributed by atoms with Crippen molar-refractivity contribution in [2.45, 2.75) is 19.9 Å². The Kier molecular flexibility index (Phi) is 4.61. The van der Waals surface area contributed by atoms with Gasteiger partial charge in [-0.2, -0.15) is 0 Å². The smallest absolute Gasteiger partial charge is 0.258 e. The molecule has 6 heteroatoms. The van der Waals surface area contributed by atoms with Crippen molar-refractivity contribution in [3.05, 3.63) is 52.5 Å². The summed E-state index contributed by atoms with van der Waals surface area (Å²) in [6.45, 7) is 5.16. The summed E-state index contributed by atoms with van der Waals surface area (Å²) in [5, 5.41) is 5.47. The van der Waals surface area contributed by atoms with Gasteiger partial charge in [0.1, 0.15) is 5.75 Å². The highest BCUT2D eigenvalue weighted by Crippen LogP contribution is 2.31. The molecule has 0 spiro atoms. The molecule has 1 aromatic heterocycles. The number of rotatable bonds is 4. The van der Waals surface area contributed by atoms with Crippen molar-refractivity contribution in [1.82, 2.24) is 9.88 Å². The minimum absolute atomic E-state index is 0.137. The maximum absolute atomic E-state index is 12.9. The van der Waals surface area contributed by atoms with Crippen LogP contribution in [-0.2, 0) is 13.0 Å². The number of carbonyl (C=O) groups excluding carboxylic acids is 1. The van der Waals surface area contributed by atoms with Gasteiger partial charge in [-0.25, -0.2) is 4.98 Å². The molecule has 0 saturated heterocycles. The molecule has 1 aliphatic rings. The number of benzene rings is 2. The summed E-state index contributed by atoms with van der Waals surface area (Å²) in [7, 11) is 1.64. The van der Waals surface area contributed by atoms with Crippen LogP contribution in [-0.4, -0.2) is 36.0 Å². The molecule has 2 heterocycles. The fraction of sp³-hybridized carbons (Fsp3) is 0.300. The van der Waals surface area contributed by atoms with Crippen LogP contribution in [0.2, 0.25) is 0 Å². The van der Waals surface area contributed by atoms with Gasteiger partial charge in [-0.05, 0) is 24.1 Å². The van der Waals surface area contributed by atoms with E-state index in [1.54, 1.807) is 18.4 Å². The third-order valence-electron chi connectivity index (χ3n) is 4.83. The molecule has 0 bridgehead atoms. The number of anilines is 1. The zero-order valence-electron chi connectivity index (χ0n) is 14.9. The second-order valence-corrected chi connectivity index (χ2v) is 7.41. The minimum Gasteiger partial charge on any atom is -0.496 e. The number of aromatic nitrogens is 1. The molecule has 3 aromatic rings. The van der Waals surface area contributed by atoms with E-state index in [0.717, 1.165) is 48.3 Å². The molecule has 0 unspecified atom stereocenters. The zero-order chi connectivity index (χ0) is 18.1. The number of likely N-dealkylation sites (N-methyl/N-ethyl adjacent to an activating group) is 1. The van der Waals surface area contributed by atoms with Crippen LogP contribution in [0.1, 0.15) is 27.9 Å². The third-order valence-corrected chi connectivity index (χ3v) is 5.82. The molecule has 134 valence electrons. The number of hydrogen-bond donors (Lipinski definition) is 1. The highest BCUT2D eigenvalue weighted by atomic mass is 32.1. The lowest BCUT2D eigenvalue weighted by Gasteiger charge is -2.23. The van der Waals surface area contributed by atoms with E-state index < -0.39 is 0 Å². The number of carbonyl (C=O) groups is 1. The van der Waals surface area contributed by atoms with E-state index in [4.69, 9.17) is 4.74 Å². The highest BCUT2D eigenvalue weighted by molar-refractivity contribution is 7.15. The van der Waals surface area contributed by atoms with Gasteiger partial charge in [-0.1, -0.05) is 31.2 Å². The average molecular weight is 367 g/mol. The van der Waals surface area contributed by atoms with Gasteiger partial charge in [0.05, 0.1) is 12.8 Å². The normalized spacial score (nSPS) is 14.2. The summed E-state index contributed by atoms with van der Waals surface area (Å²) < 4.78 is 5.41. The van der Waals surface area contributed by atoms with Crippen molar-refractivity contribution < 1.29 is 9.53 Å². The van der Waals surface area contributed by atoms with Crippen molar-refractivity contribution >= 4 is 33.1 Å². The van der Waals surface area contributed by atoms with Gasteiger partial charge in [-0.15, -0.1) is 11.3 Å². The molecule has 1 N–H and O–H groups in total. The van der Waals surface area contributed by atoms with Crippen molar-refractivity contribution in [1.29, 1.82) is 0 Å². The lowest BCUT2D eigenvalue weighted by Crippen LogP contribution is -2.29. The predicted molar refractivity (Wildman–Crippen MR) is 105 cm³/mol. The van der Waals surface area contributed by atoms with E-state index in [1.807, 2.05) is 36.4 Å². The van der Waals surface area contributed by atoms with E-state index in [1.165, 1.54) is 4.88 Å². The summed E-state index contributed by atoms with van der Waals surface area (Å²) >= 11 is 1.58. The molecule has 0 aliphatic carbocycles. The van der Waals surface area contributed by atoms with Gasteiger partial charge in [0.15, 0.2) is 5.13 Å². The maximum Gasteiger partial charge on any atom is 0.258 e. The average Bonchev–Trinajstić information content (AvgIpc) is 3.08. The molecule has 4 rings (SSSR count). The molecule has 0 atom stereocenters. The summed E-state index contributed by atoms with van der Waals surface area (Å²) in [6.07, 6.45) is 0.945. The molecule has 0 fully saturated rings. The summed E-state index contributed by atoms with van der Waals surface area (Å²) in [6, 6.07) is 11.4. The standard InChI is InChI=1S/C20H21N3O2S/c1-3-23-11-10-16-18(12-23)26-20(21-16)22-19(24)15-8-9-17(25-2)14-7-5-4-6-13(14)15/h4-9H,3,10-12H2,1-2H3,(H,21,22,24). The third kappa shape index (κ3) is 3.06. The van der Waals surface area contributed by atoms with Crippen LogP contribution in [0.25, 0.3) is 10.8 Å². The molecule has 2 aromatic carbocycles. The van der Waals surface area contributed by atoms with Crippen LogP contribution in [0.15, 0.2) is 36.4 Å². The first-order valence-electron chi connectivity index (χ1n) is 8.77. The summed E-state index contributed by atoms with van der Waals surface area (Å²) in [4.78, 5) is 21.1. The van der Waals surface area contributed by atoms with Crippen LogP contribution >= 0.6 is 11.3 Å². The second kappa shape index (κ2) is 7.05. The quantitative estimate of drug-likeness (QED) is 0.759. The van der Waals surface area contributed by atoms with E-state index in [-0.39, 0.29) is 5.91 Å². The molecule has 0 radical (unpaired) electrons. The Morgan fingerprint density at radius 2 is 2.08 bits per heavy atom. The first-order chi connectivity index (χ1) is 12.7. The fourth-order valence-electron chi connectivity index (χ4n) is 3.38. The number of ether oxygens (including phenoxy) is 1. The number of nitrogens with zero attached hydrogens (tertiary/aromatic N) is 2. The van der Waals surface area contributed by atoms with Gasteiger partial charge in [0, 0.05) is 35.3 Å². The Hall–Kier alpha value is -2.44. The number of methoxy groups -OCH3 is 1. The number of amides is 1. The molecule has 5 nitrogen and oxygen atoms in total. The Morgan fingerprint density at radius 1 is 1.27 bits per heavy atom. The Bertz CT molecular complexity index is 967. The second-order valence-electron chi connectivity index (χ2n) is 6.32. The predicted octanol–water partition coefficient (Wildman–Crippen LogP) is 3.94. The van der Waals surface area contributed by atoms with Crippen LogP contribution in [0.3, 0.4) is 0 Å². The largest absolute Gasteiger partial charge is 0.496 e. The van der Waals surface area contributed by atoms with Gasteiger partial charge >= 0.3 is 0 Å². The van der Waals surface area contributed by atoms with E-state index in [2.05, 4.69) is 22.1 Å². The number of thiazole rings is 1. The van der Waals surface area contributed by atoms with Crippen LogP contribution in [0, 0.1) is 0 Å². The molecular formula is C20H21N3O2S. The zero-order valence-corrected chi connectivity index (χ0v) is 15.7. The fourth-order valence-corrected chi connectivity index (χ4v) is 4.43. The Morgan fingerprint density at radius 3 is 2.85 bits per heavy atom.